The third-order valence-electron chi connectivity index (χ3n) is 1.66. The molecule has 0 aromatic rings. The first-order valence-electron chi connectivity index (χ1n) is 5.32. The summed E-state index contributed by atoms with van der Waals surface area (Å²) >= 11 is 0. The van der Waals surface area contributed by atoms with Crippen LogP contribution in [0.5, 0.6) is 0 Å². The van der Waals surface area contributed by atoms with Crippen molar-refractivity contribution in [3.05, 3.63) is 0 Å². The van der Waals surface area contributed by atoms with Gasteiger partial charge in [0.1, 0.15) is 0 Å². The summed E-state index contributed by atoms with van der Waals surface area (Å²) in [4.78, 5) is 4.18. The number of hydrogen-bond acceptors (Lipinski definition) is 4. The van der Waals surface area contributed by atoms with Gasteiger partial charge in [-0.3, -0.25) is 10.4 Å². The predicted octanol–water partition coefficient (Wildman–Crippen LogP) is -0.868. The Kier molecular flexibility index (Phi) is 5.86. The summed E-state index contributed by atoms with van der Waals surface area (Å²) in [5.74, 6) is 5.73. The minimum Gasteiger partial charge on any atom is -0.353 e. The lowest BCUT2D eigenvalue weighted by Gasteiger charge is -2.23. The number of nitrogens with zero attached hydrogens (tertiary/aromatic N) is 1. The molecule has 0 fully saturated rings. The molecule has 8 heteroatoms. The van der Waals surface area contributed by atoms with E-state index in [9.17, 15) is 8.42 Å². The Bertz CT molecular complexity index is 362. The molecule has 0 atom stereocenters. The van der Waals surface area contributed by atoms with Crippen molar-refractivity contribution in [1.82, 2.24) is 15.5 Å². The van der Waals surface area contributed by atoms with Crippen molar-refractivity contribution in [2.24, 2.45) is 10.8 Å². The van der Waals surface area contributed by atoms with Gasteiger partial charge in [-0.1, -0.05) is 0 Å². The first-order valence-corrected chi connectivity index (χ1v) is 7.21. The number of nitrogens with one attached hydrogen (secondary N) is 3. The van der Waals surface area contributed by atoms with Crippen LogP contribution in [0.25, 0.3) is 0 Å². The van der Waals surface area contributed by atoms with Crippen molar-refractivity contribution in [2.45, 2.75) is 39.3 Å². The van der Waals surface area contributed by atoms with Crippen molar-refractivity contribution >= 4 is 16.0 Å². The van der Waals surface area contributed by atoms with Crippen LogP contribution in [-0.4, -0.2) is 38.8 Å². The lowest BCUT2D eigenvalue weighted by atomic mass is 10.1. The molecule has 0 aromatic heterocycles. The molecule has 102 valence electrons. The average Bonchev–Trinajstić information content (AvgIpc) is 2.07. The molecule has 0 bridgehead atoms. The average molecular weight is 265 g/mol. The third kappa shape index (κ3) is 8.90. The molecule has 0 rings (SSSR count). The molecule has 0 aromatic carbocycles. The summed E-state index contributed by atoms with van der Waals surface area (Å²) in [6.45, 7) is 7.68. The van der Waals surface area contributed by atoms with E-state index in [0.717, 1.165) is 6.26 Å². The Hall–Kier alpha value is -0.860. The number of nitrogens with two attached hydrogens (primary N) is 1. The summed E-state index contributed by atoms with van der Waals surface area (Å²) in [5, 5.41) is 3.00. The van der Waals surface area contributed by atoms with Gasteiger partial charge in [0, 0.05) is 11.6 Å². The SMILES string of the molecule is CC(C)NC(=NCC(C)(C)NS(C)(=O)=O)NN. The fraction of sp³-hybridized carbons (Fsp3) is 0.889. The fourth-order valence-electron chi connectivity index (χ4n) is 1.22. The van der Waals surface area contributed by atoms with Crippen LogP contribution in [0.1, 0.15) is 27.7 Å². The molecule has 0 heterocycles. The minimum atomic E-state index is -3.25. The summed E-state index contributed by atoms with van der Waals surface area (Å²) in [6.07, 6.45) is 1.12. The first kappa shape index (κ1) is 16.1. The lowest BCUT2D eigenvalue weighted by Crippen LogP contribution is -2.48. The van der Waals surface area contributed by atoms with E-state index >= 15 is 0 Å². The first-order chi connectivity index (χ1) is 7.56. The van der Waals surface area contributed by atoms with E-state index in [0.29, 0.717) is 5.96 Å². The van der Waals surface area contributed by atoms with Crippen LogP contribution < -0.4 is 21.3 Å². The molecule has 0 aliphatic rings. The van der Waals surface area contributed by atoms with Gasteiger partial charge in [0.25, 0.3) is 0 Å². The topological polar surface area (TPSA) is 109 Å². The van der Waals surface area contributed by atoms with Crippen LogP contribution in [0.15, 0.2) is 4.99 Å². The highest BCUT2D eigenvalue weighted by atomic mass is 32.2. The lowest BCUT2D eigenvalue weighted by molar-refractivity contribution is 0.464. The van der Waals surface area contributed by atoms with Crippen LogP contribution in [0.4, 0.5) is 0 Å². The Morgan fingerprint density at radius 2 is 1.94 bits per heavy atom. The zero-order chi connectivity index (χ0) is 13.7. The molecule has 17 heavy (non-hydrogen) atoms. The van der Waals surface area contributed by atoms with Crippen LogP contribution in [0.2, 0.25) is 0 Å². The molecule has 7 nitrogen and oxygen atoms in total. The Balaban J connectivity index is 4.55. The number of hydrazine groups is 1. The molecule has 0 spiro atoms. The van der Waals surface area contributed by atoms with Gasteiger partial charge >= 0.3 is 0 Å². The zero-order valence-corrected chi connectivity index (χ0v) is 11.9. The van der Waals surface area contributed by atoms with Gasteiger partial charge in [0.05, 0.1) is 12.8 Å². The maximum atomic E-state index is 11.1. The molecule has 0 amide bonds. The molecule has 0 saturated heterocycles. The van der Waals surface area contributed by atoms with Gasteiger partial charge in [0.2, 0.25) is 16.0 Å². The number of aliphatic imine (C=N–C) groups is 1. The van der Waals surface area contributed by atoms with E-state index in [4.69, 9.17) is 5.84 Å². The summed E-state index contributed by atoms with van der Waals surface area (Å²) in [6, 6.07) is 0.191. The highest BCUT2D eigenvalue weighted by Gasteiger charge is 2.21. The summed E-state index contributed by atoms with van der Waals surface area (Å²) < 4.78 is 24.7. The molecule has 0 radical (unpaired) electrons. The van der Waals surface area contributed by atoms with E-state index in [2.05, 4.69) is 20.5 Å². The van der Waals surface area contributed by atoms with Gasteiger partial charge < -0.3 is 5.32 Å². The largest absolute Gasteiger partial charge is 0.353 e. The minimum absolute atomic E-state index is 0.191. The second-order valence-corrected chi connectivity index (χ2v) is 6.61. The van der Waals surface area contributed by atoms with E-state index in [-0.39, 0.29) is 12.6 Å². The van der Waals surface area contributed by atoms with Gasteiger partial charge in [-0.2, -0.15) is 0 Å². The van der Waals surface area contributed by atoms with Gasteiger partial charge in [-0.15, -0.1) is 0 Å². The number of guanidine groups is 1. The molecular weight excluding hydrogens is 242 g/mol. The number of sulfonamides is 1. The Labute approximate surface area is 103 Å². The maximum Gasteiger partial charge on any atom is 0.209 e. The van der Waals surface area contributed by atoms with E-state index in [1.165, 1.54) is 0 Å². The van der Waals surface area contributed by atoms with Crippen molar-refractivity contribution in [3.8, 4) is 0 Å². The quantitative estimate of drug-likeness (QED) is 0.224. The molecule has 0 aliphatic heterocycles. The zero-order valence-electron chi connectivity index (χ0n) is 11.0. The van der Waals surface area contributed by atoms with Gasteiger partial charge in [0.15, 0.2) is 0 Å². The van der Waals surface area contributed by atoms with Crippen molar-refractivity contribution in [1.29, 1.82) is 0 Å². The molecule has 0 aliphatic carbocycles. The fourth-order valence-corrected chi connectivity index (χ4v) is 2.29. The molecule has 5 N–H and O–H groups in total. The van der Waals surface area contributed by atoms with Crippen LogP contribution in [0.3, 0.4) is 0 Å². The second kappa shape index (κ2) is 6.18. The van der Waals surface area contributed by atoms with Crippen LogP contribution in [-0.2, 0) is 10.0 Å². The number of hydrogen-bond donors (Lipinski definition) is 4. The highest BCUT2D eigenvalue weighted by Crippen LogP contribution is 2.04. The van der Waals surface area contributed by atoms with Crippen molar-refractivity contribution in [2.75, 3.05) is 12.8 Å². The maximum absolute atomic E-state index is 11.1. The smallest absolute Gasteiger partial charge is 0.209 e. The standard InChI is InChI=1S/C9H23N5O2S/c1-7(2)12-8(13-10)11-6-9(3,4)14-17(5,15)16/h7,14H,6,10H2,1-5H3,(H2,11,12,13). The molecule has 0 unspecified atom stereocenters. The Morgan fingerprint density at radius 1 is 1.41 bits per heavy atom. The van der Waals surface area contributed by atoms with Gasteiger partial charge in [-0.05, 0) is 27.7 Å². The Morgan fingerprint density at radius 3 is 2.29 bits per heavy atom. The van der Waals surface area contributed by atoms with Crippen molar-refractivity contribution < 1.29 is 8.42 Å². The monoisotopic (exact) mass is 265 g/mol. The molecular formula is C9H23N5O2S. The van der Waals surface area contributed by atoms with E-state index in [1.54, 1.807) is 13.8 Å². The van der Waals surface area contributed by atoms with Gasteiger partial charge in [-0.25, -0.2) is 19.0 Å². The third-order valence-corrected chi connectivity index (χ3v) is 2.58. The van der Waals surface area contributed by atoms with Crippen LogP contribution in [0, 0.1) is 0 Å². The number of rotatable bonds is 5. The van der Waals surface area contributed by atoms with E-state index < -0.39 is 15.6 Å². The van der Waals surface area contributed by atoms with E-state index in [1.807, 2.05) is 13.8 Å². The summed E-state index contributed by atoms with van der Waals surface area (Å²) in [7, 11) is -3.25. The summed E-state index contributed by atoms with van der Waals surface area (Å²) in [5.41, 5.74) is 1.77. The second-order valence-electron chi connectivity index (χ2n) is 4.87. The van der Waals surface area contributed by atoms with Crippen molar-refractivity contribution in [3.63, 3.8) is 0 Å². The van der Waals surface area contributed by atoms with Crippen LogP contribution >= 0.6 is 0 Å². The highest BCUT2D eigenvalue weighted by molar-refractivity contribution is 7.88. The normalized spacial score (nSPS) is 13.9. The molecule has 0 saturated carbocycles. The predicted molar refractivity (Wildman–Crippen MR) is 70.0 cm³/mol.